The summed E-state index contributed by atoms with van der Waals surface area (Å²) in [6.07, 6.45) is 43.6. The highest BCUT2D eigenvalue weighted by Crippen LogP contribution is 2.15. The van der Waals surface area contributed by atoms with Crippen molar-refractivity contribution in [2.24, 2.45) is 5.73 Å². The van der Waals surface area contributed by atoms with E-state index in [-0.39, 0.29) is 12.7 Å². The standard InChI is InChI=1S/C47H96N2O6/c1-3-5-7-9-11-13-15-17-19-21-23-25-27-29-31-33-38-53-44-46(45-55-47(50)49-37-41-52-43-42-51-39-35-36-48)54-40-34-32-30-28-26-24-22-20-18-16-14-12-10-8-6-4-2/h46H,3-45,48H2,1-2H3,(H,49,50)/t46-/m1/s1. The Labute approximate surface area is 342 Å². The minimum Gasteiger partial charge on any atom is -0.447 e. The molecule has 8 nitrogen and oxygen atoms in total. The summed E-state index contributed by atoms with van der Waals surface area (Å²) in [5.41, 5.74) is 5.47. The first-order valence-corrected chi connectivity index (χ1v) is 24.2. The van der Waals surface area contributed by atoms with E-state index in [1.54, 1.807) is 0 Å². The second kappa shape index (κ2) is 49.2. The minimum absolute atomic E-state index is 0.194. The predicted molar refractivity (Wildman–Crippen MR) is 234 cm³/mol. The topological polar surface area (TPSA) is 101 Å². The van der Waals surface area contributed by atoms with Gasteiger partial charge in [0.1, 0.15) is 12.7 Å². The third-order valence-electron chi connectivity index (χ3n) is 10.6. The zero-order valence-corrected chi connectivity index (χ0v) is 37.0. The average molecular weight is 785 g/mol. The number of alkyl carbamates (subject to hydrolysis) is 1. The van der Waals surface area contributed by atoms with Crippen LogP contribution in [0.3, 0.4) is 0 Å². The number of nitrogens with one attached hydrogen (secondary N) is 1. The van der Waals surface area contributed by atoms with Crippen LogP contribution in [0.1, 0.15) is 226 Å². The lowest BCUT2D eigenvalue weighted by atomic mass is 10.0. The SMILES string of the molecule is CCCCCCCCCCCCCCCCCCOC[C@H](COC(=O)NCCOCCOCCCN)OCCCCCCCCCCCCCCCCCC. The van der Waals surface area contributed by atoms with Crippen molar-refractivity contribution in [2.75, 3.05) is 65.9 Å². The number of hydrogen-bond acceptors (Lipinski definition) is 7. The van der Waals surface area contributed by atoms with Gasteiger partial charge in [-0.05, 0) is 25.8 Å². The van der Waals surface area contributed by atoms with Gasteiger partial charge in [-0.15, -0.1) is 0 Å². The third kappa shape index (κ3) is 47.3. The van der Waals surface area contributed by atoms with Gasteiger partial charge in [-0.2, -0.15) is 0 Å². The normalized spacial score (nSPS) is 12.1. The van der Waals surface area contributed by atoms with Crippen LogP contribution in [0.15, 0.2) is 0 Å². The van der Waals surface area contributed by atoms with Gasteiger partial charge in [0.25, 0.3) is 0 Å². The van der Waals surface area contributed by atoms with Crippen LogP contribution in [-0.2, 0) is 23.7 Å². The number of rotatable bonds is 48. The molecule has 0 aromatic heterocycles. The molecule has 0 rings (SSSR count). The highest BCUT2D eigenvalue weighted by atomic mass is 16.6. The van der Waals surface area contributed by atoms with E-state index in [4.69, 9.17) is 29.4 Å². The van der Waals surface area contributed by atoms with E-state index in [0.29, 0.717) is 52.7 Å². The fourth-order valence-electron chi connectivity index (χ4n) is 6.96. The van der Waals surface area contributed by atoms with E-state index < -0.39 is 6.09 Å². The van der Waals surface area contributed by atoms with Crippen molar-refractivity contribution in [3.63, 3.8) is 0 Å². The summed E-state index contributed by atoms with van der Waals surface area (Å²) >= 11 is 0. The Morgan fingerprint density at radius 2 is 0.782 bits per heavy atom. The second-order valence-corrected chi connectivity index (χ2v) is 16.1. The Morgan fingerprint density at radius 3 is 1.20 bits per heavy atom. The molecule has 55 heavy (non-hydrogen) atoms. The Bertz CT molecular complexity index is 715. The molecule has 330 valence electrons. The molecule has 0 bridgehead atoms. The maximum atomic E-state index is 12.3. The molecular formula is C47H96N2O6. The van der Waals surface area contributed by atoms with E-state index in [1.165, 1.54) is 193 Å². The molecule has 0 fully saturated rings. The van der Waals surface area contributed by atoms with Gasteiger partial charge in [-0.1, -0.05) is 206 Å². The van der Waals surface area contributed by atoms with Crippen LogP contribution in [0.25, 0.3) is 0 Å². The Morgan fingerprint density at radius 1 is 0.418 bits per heavy atom. The first kappa shape index (κ1) is 54.1. The molecule has 0 aromatic rings. The maximum Gasteiger partial charge on any atom is 0.407 e. The number of hydrogen-bond donors (Lipinski definition) is 2. The summed E-state index contributed by atoms with van der Waals surface area (Å²) in [7, 11) is 0. The van der Waals surface area contributed by atoms with Crippen LogP contribution in [0.2, 0.25) is 0 Å². The van der Waals surface area contributed by atoms with Crippen LogP contribution in [-0.4, -0.2) is 78.1 Å². The molecule has 0 aromatic carbocycles. The van der Waals surface area contributed by atoms with Crippen LogP contribution in [0.5, 0.6) is 0 Å². The number of unbranched alkanes of at least 4 members (excludes halogenated alkanes) is 30. The van der Waals surface area contributed by atoms with E-state index >= 15 is 0 Å². The van der Waals surface area contributed by atoms with Crippen LogP contribution >= 0.6 is 0 Å². The minimum atomic E-state index is -0.448. The summed E-state index contributed by atoms with van der Waals surface area (Å²) in [4.78, 5) is 12.3. The fraction of sp³-hybridized carbons (Fsp3) is 0.979. The van der Waals surface area contributed by atoms with Gasteiger partial charge >= 0.3 is 6.09 Å². The number of carbonyl (C=O) groups excluding carboxylic acids is 1. The fourth-order valence-corrected chi connectivity index (χ4v) is 6.96. The van der Waals surface area contributed by atoms with Crippen molar-refractivity contribution < 1.29 is 28.5 Å². The summed E-state index contributed by atoms with van der Waals surface area (Å²) in [6.45, 7) is 9.75. The van der Waals surface area contributed by atoms with Gasteiger partial charge in [0, 0.05) is 26.4 Å². The molecule has 1 atom stereocenters. The number of ether oxygens (including phenoxy) is 5. The Kier molecular flexibility index (Phi) is 48.4. The molecule has 0 saturated heterocycles. The summed E-state index contributed by atoms with van der Waals surface area (Å²) in [5.74, 6) is 0. The second-order valence-electron chi connectivity index (χ2n) is 16.1. The van der Waals surface area contributed by atoms with Gasteiger partial charge in [-0.3, -0.25) is 0 Å². The quantitative estimate of drug-likeness (QED) is 0.0592. The first-order valence-electron chi connectivity index (χ1n) is 24.2. The van der Waals surface area contributed by atoms with Crippen LogP contribution < -0.4 is 11.1 Å². The third-order valence-corrected chi connectivity index (χ3v) is 10.6. The van der Waals surface area contributed by atoms with Gasteiger partial charge in [0.05, 0.1) is 26.4 Å². The first-order chi connectivity index (χ1) is 27.2. The lowest BCUT2D eigenvalue weighted by Crippen LogP contribution is -2.33. The molecule has 0 heterocycles. The monoisotopic (exact) mass is 785 g/mol. The molecule has 0 saturated carbocycles. The van der Waals surface area contributed by atoms with Crippen molar-refractivity contribution >= 4 is 6.09 Å². The van der Waals surface area contributed by atoms with Gasteiger partial charge in [0.2, 0.25) is 0 Å². The van der Waals surface area contributed by atoms with E-state index in [9.17, 15) is 4.79 Å². The van der Waals surface area contributed by atoms with Gasteiger partial charge in [0.15, 0.2) is 0 Å². The molecule has 0 radical (unpaired) electrons. The molecular weight excluding hydrogens is 689 g/mol. The molecule has 8 heteroatoms. The largest absolute Gasteiger partial charge is 0.447 e. The molecule has 3 N–H and O–H groups in total. The zero-order valence-electron chi connectivity index (χ0n) is 37.0. The Balaban J connectivity index is 4.01. The van der Waals surface area contributed by atoms with Gasteiger partial charge in [-0.25, -0.2) is 4.79 Å². The van der Waals surface area contributed by atoms with E-state index in [1.807, 2.05) is 0 Å². The Hall–Kier alpha value is -0.930. The van der Waals surface area contributed by atoms with E-state index in [0.717, 1.165) is 25.9 Å². The highest BCUT2D eigenvalue weighted by molar-refractivity contribution is 5.67. The van der Waals surface area contributed by atoms with Crippen LogP contribution in [0.4, 0.5) is 4.79 Å². The molecule has 0 aliphatic carbocycles. The summed E-state index contributed by atoms with van der Waals surface area (Å²) in [5, 5.41) is 2.76. The molecule has 0 spiro atoms. The van der Waals surface area contributed by atoms with E-state index in [2.05, 4.69) is 19.2 Å². The van der Waals surface area contributed by atoms with Crippen molar-refractivity contribution in [3.8, 4) is 0 Å². The van der Waals surface area contributed by atoms with Crippen molar-refractivity contribution in [2.45, 2.75) is 232 Å². The average Bonchev–Trinajstić information content (AvgIpc) is 3.19. The smallest absolute Gasteiger partial charge is 0.407 e. The number of carbonyl (C=O) groups is 1. The molecule has 0 aliphatic rings. The highest BCUT2D eigenvalue weighted by Gasteiger charge is 2.13. The molecule has 0 aliphatic heterocycles. The predicted octanol–water partition coefficient (Wildman–Crippen LogP) is 13.0. The molecule has 1 amide bonds. The lowest BCUT2D eigenvalue weighted by molar-refractivity contribution is -0.0469. The number of amides is 1. The molecule has 0 unspecified atom stereocenters. The van der Waals surface area contributed by atoms with Gasteiger partial charge < -0.3 is 34.7 Å². The summed E-state index contributed by atoms with van der Waals surface area (Å²) in [6, 6.07) is 0. The van der Waals surface area contributed by atoms with Crippen molar-refractivity contribution in [1.82, 2.24) is 5.32 Å². The summed E-state index contributed by atoms with van der Waals surface area (Å²) < 4.78 is 28.6. The van der Waals surface area contributed by atoms with Crippen molar-refractivity contribution in [1.29, 1.82) is 0 Å². The number of nitrogens with two attached hydrogens (primary N) is 1. The lowest BCUT2D eigenvalue weighted by Gasteiger charge is -2.18. The zero-order chi connectivity index (χ0) is 39.8. The maximum absolute atomic E-state index is 12.3. The van der Waals surface area contributed by atoms with Crippen molar-refractivity contribution in [3.05, 3.63) is 0 Å². The van der Waals surface area contributed by atoms with Crippen LogP contribution in [0, 0.1) is 0 Å².